The molecular weight excluding hydrogens is 296 g/mol. The first-order chi connectivity index (χ1) is 10.6. The fourth-order valence-corrected chi connectivity index (χ4v) is 3.42. The average Bonchev–Trinajstić information content (AvgIpc) is 3.18. The molecule has 0 aliphatic carbocycles. The van der Waals surface area contributed by atoms with E-state index in [1.165, 1.54) is 16.0 Å². The molecule has 0 amide bonds. The summed E-state index contributed by atoms with van der Waals surface area (Å²) in [6.07, 6.45) is 5.61. The molecule has 0 aromatic carbocycles. The predicted molar refractivity (Wildman–Crippen MR) is 86.9 cm³/mol. The van der Waals surface area contributed by atoms with Crippen LogP contribution in [0.2, 0.25) is 0 Å². The Morgan fingerprint density at radius 2 is 2.00 bits per heavy atom. The maximum Gasteiger partial charge on any atom is 0.290 e. The summed E-state index contributed by atoms with van der Waals surface area (Å²) in [6, 6.07) is 5.80. The molecule has 3 aromatic rings. The van der Waals surface area contributed by atoms with Gasteiger partial charge in [0.15, 0.2) is 5.13 Å². The quantitative estimate of drug-likeness (QED) is 0.742. The van der Waals surface area contributed by atoms with Gasteiger partial charge in [-0.3, -0.25) is 4.79 Å². The molecule has 0 aliphatic heterocycles. The van der Waals surface area contributed by atoms with Crippen LogP contribution >= 0.6 is 11.3 Å². The number of nitrogens with zero attached hydrogens (tertiary/aromatic N) is 4. The van der Waals surface area contributed by atoms with E-state index in [1.807, 2.05) is 49.0 Å². The first-order valence-corrected chi connectivity index (χ1v) is 8.12. The first kappa shape index (κ1) is 14.7. The second kappa shape index (κ2) is 5.88. The third-order valence-electron chi connectivity index (χ3n) is 3.39. The molecule has 22 heavy (non-hydrogen) atoms. The highest BCUT2D eigenvalue weighted by Crippen LogP contribution is 2.25. The van der Waals surface area contributed by atoms with Crippen LogP contribution in [-0.4, -0.2) is 25.2 Å². The summed E-state index contributed by atoms with van der Waals surface area (Å²) in [6.45, 7) is 5.87. The monoisotopic (exact) mass is 314 g/mol. The summed E-state index contributed by atoms with van der Waals surface area (Å²) in [5.41, 5.74) is 2.55. The lowest BCUT2D eigenvalue weighted by molar-refractivity contribution is 0.0945. The van der Waals surface area contributed by atoms with Gasteiger partial charge in [-0.25, -0.2) is 9.67 Å². The molecule has 114 valence electrons. The molecule has 6 heteroatoms. The Labute approximate surface area is 133 Å². The highest BCUT2D eigenvalue weighted by Gasteiger charge is 2.21. The predicted octanol–water partition coefficient (Wildman–Crippen LogP) is 3.39. The lowest BCUT2D eigenvalue weighted by Gasteiger charge is -2.02. The Morgan fingerprint density at radius 1 is 1.27 bits per heavy atom. The molecule has 3 rings (SSSR count). The zero-order valence-electron chi connectivity index (χ0n) is 12.9. The van der Waals surface area contributed by atoms with Crippen molar-refractivity contribution in [2.75, 3.05) is 0 Å². The Balaban J connectivity index is 2.05. The lowest BCUT2D eigenvalue weighted by atomic mass is 10.2. The van der Waals surface area contributed by atoms with Crippen molar-refractivity contribution < 1.29 is 4.79 Å². The Hall–Kier alpha value is -2.21. The molecule has 0 radical (unpaired) electrons. The number of aryl methyl sites for hydroxylation is 3. The van der Waals surface area contributed by atoms with Crippen LogP contribution in [0.3, 0.4) is 0 Å². The summed E-state index contributed by atoms with van der Waals surface area (Å²) in [5.74, 6) is -0.0926. The maximum absolute atomic E-state index is 12.8. The maximum atomic E-state index is 12.8. The number of rotatable bonds is 4. The number of carbonyl (C=O) groups excluding carboxylic acids is 1. The van der Waals surface area contributed by atoms with Crippen molar-refractivity contribution in [1.82, 2.24) is 19.3 Å². The van der Waals surface area contributed by atoms with E-state index in [0.29, 0.717) is 4.88 Å². The van der Waals surface area contributed by atoms with Crippen LogP contribution < -0.4 is 0 Å². The van der Waals surface area contributed by atoms with Gasteiger partial charge in [0.25, 0.3) is 5.91 Å². The number of carbonyl (C=O) groups is 1. The van der Waals surface area contributed by atoms with Crippen LogP contribution in [0.1, 0.15) is 40.1 Å². The number of hydrogen-bond acceptors (Lipinski definition) is 4. The molecule has 0 spiro atoms. The highest BCUT2D eigenvalue weighted by molar-refractivity contribution is 7.16. The minimum atomic E-state index is -0.0926. The van der Waals surface area contributed by atoms with Crippen LogP contribution in [0.25, 0.3) is 5.13 Å². The normalized spacial score (nSPS) is 11.0. The van der Waals surface area contributed by atoms with Gasteiger partial charge >= 0.3 is 0 Å². The highest BCUT2D eigenvalue weighted by atomic mass is 32.1. The molecule has 0 fully saturated rings. The molecule has 0 aliphatic rings. The van der Waals surface area contributed by atoms with Crippen molar-refractivity contribution in [2.45, 2.75) is 33.6 Å². The SMILES string of the molecule is CCCc1nc(-n2cccc2)sc1C(=O)n1nc(C)cc1C. The van der Waals surface area contributed by atoms with Gasteiger partial charge in [-0.05, 0) is 38.5 Å². The summed E-state index contributed by atoms with van der Waals surface area (Å²) >= 11 is 1.42. The molecule has 0 atom stereocenters. The summed E-state index contributed by atoms with van der Waals surface area (Å²) in [7, 11) is 0. The van der Waals surface area contributed by atoms with E-state index in [2.05, 4.69) is 17.0 Å². The van der Waals surface area contributed by atoms with Gasteiger partial charge < -0.3 is 4.57 Å². The molecular formula is C16H18N4OS. The van der Waals surface area contributed by atoms with Gasteiger partial charge in [0, 0.05) is 18.1 Å². The largest absolute Gasteiger partial charge is 0.300 e. The third kappa shape index (κ3) is 2.62. The van der Waals surface area contributed by atoms with Gasteiger partial charge in [-0.1, -0.05) is 24.7 Å². The zero-order valence-corrected chi connectivity index (χ0v) is 13.7. The summed E-state index contributed by atoms with van der Waals surface area (Å²) < 4.78 is 3.41. The number of aromatic nitrogens is 4. The fraction of sp³-hybridized carbons (Fsp3) is 0.312. The lowest BCUT2D eigenvalue weighted by Crippen LogP contribution is -2.15. The summed E-state index contributed by atoms with van der Waals surface area (Å²) in [5, 5.41) is 5.12. The van der Waals surface area contributed by atoms with E-state index in [1.54, 1.807) is 0 Å². The average molecular weight is 314 g/mol. The van der Waals surface area contributed by atoms with Crippen molar-refractivity contribution in [3.63, 3.8) is 0 Å². The third-order valence-corrected chi connectivity index (χ3v) is 4.49. The Morgan fingerprint density at radius 3 is 2.59 bits per heavy atom. The molecule has 0 saturated heterocycles. The van der Waals surface area contributed by atoms with Gasteiger partial charge in [-0.15, -0.1) is 0 Å². The fourth-order valence-electron chi connectivity index (χ4n) is 2.42. The van der Waals surface area contributed by atoms with E-state index in [9.17, 15) is 4.79 Å². The van der Waals surface area contributed by atoms with E-state index < -0.39 is 0 Å². The molecule has 0 bridgehead atoms. The molecule has 3 aromatic heterocycles. The van der Waals surface area contributed by atoms with E-state index >= 15 is 0 Å². The molecule has 0 N–H and O–H groups in total. The minimum Gasteiger partial charge on any atom is -0.300 e. The molecule has 3 heterocycles. The topological polar surface area (TPSA) is 52.7 Å². The van der Waals surface area contributed by atoms with Crippen LogP contribution in [-0.2, 0) is 6.42 Å². The van der Waals surface area contributed by atoms with Crippen LogP contribution in [0.15, 0.2) is 30.6 Å². The van der Waals surface area contributed by atoms with E-state index in [-0.39, 0.29) is 5.91 Å². The van der Waals surface area contributed by atoms with Crippen LogP contribution in [0, 0.1) is 13.8 Å². The first-order valence-electron chi connectivity index (χ1n) is 7.31. The number of thiazole rings is 1. The van der Waals surface area contributed by atoms with Crippen LogP contribution in [0.4, 0.5) is 0 Å². The second-order valence-corrected chi connectivity index (χ2v) is 6.23. The van der Waals surface area contributed by atoms with Crippen molar-refractivity contribution in [3.05, 3.63) is 52.6 Å². The smallest absolute Gasteiger partial charge is 0.290 e. The van der Waals surface area contributed by atoms with Crippen molar-refractivity contribution in [3.8, 4) is 5.13 Å². The zero-order chi connectivity index (χ0) is 15.7. The molecule has 0 saturated carbocycles. The van der Waals surface area contributed by atoms with E-state index in [4.69, 9.17) is 0 Å². The Bertz CT molecular complexity index is 798. The van der Waals surface area contributed by atoms with Gasteiger partial charge in [0.1, 0.15) is 4.88 Å². The minimum absolute atomic E-state index is 0.0926. The van der Waals surface area contributed by atoms with E-state index in [0.717, 1.165) is 35.1 Å². The molecule has 0 unspecified atom stereocenters. The van der Waals surface area contributed by atoms with Gasteiger partial charge in [-0.2, -0.15) is 5.10 Å². The van der Waals surface area contributed by atoms with Crippen LogP contribution in [0.5, 0.6) is 0 Å². The van der Waals surface area contributed by atoms with Crippen molar-refractivity contribution in [1.29, 1.82) is 0 Å². The van der Waals surface area contributed by atoms with Crippen molar-refractivity contribution >= 4 is 17.2 Å². The summed E-state index contributed by atoms with van der Waals surface area (Å²) in [4.78, 5) is 18.1. The van der Waals surface area contributed by atoms with Gasteiger partial charge in [0.2, 0.25) is 0 Å². The molecule has 5 nitrogen and oxygen atoms in total. The number of hydrogen-bond donors (Lipinski definition) is 0. The second-order valence-electron chi connectivity index (χ2n) is 5.26. The van der Waals surface area contributed by atoms with Gasteiger partial charge in [0.05, 0.1) is 11.4 Å². The van der Waals surface area contributed by atoms with Crippen molar-refractivity contribution in [2.24, 2.45) is 0 Å². The standard InChI is InChI=1S/C16H18N4OS/c1-4-7-13-14(15(21)20-12(3)10-11(2)18-20)22-16(17-13)19-8-5-6-9-19/h5-6,8-10H,4,7H2,1-3H3. The Kier molecular flexibility index (Phi) is 3.94.